The third kappa shape index (κ3) is 4.48. The van der Waals surface area contributed by atoms with Crippen molar-refractivity contribution >= 4 is 23.2 Å². The van der Waals surface area contributed by atoms with Crippen LogP contribution in [0.25, 0.3) is 0 Å². The third-order valence-electron chi connectivity index (χ3n) is 4.20. The zero-order valence-electron chi connectivity index (χ0n) is 15.6. The van der Waals surface area contributed by atoms with Gasteiger partial charge in [0.05, 0.1) is 11.3 Å². The molecular weight excluding hydrogens is 326 g/mol. The maximum atomic E-state index is 12.4. The topological polar surface area (TPSA) is 73.2 Å². The number of amides is 2. The van der Waals surface area contributed by atoms with Crippen LogP contribution in [0.1, 0.15) is 35.6 Å². The fraction of sp³-hybridized carbons (Fsp3) is 0.286. The van der Waals surface area contributed by atoms with Crippen molar-refractivity contribution in [2.45, 2.75) is 34.1 Å². The van der Waals surface area contributed by atoms with Crippen LogP contribution in [-0.2, 0) is 9.59 Å². The van der Waals surface area contributed by atoms with Gasteiger partial charge in [-0.3, -0.25) is 9.59 Å². The van der Waals surface area contributed by atoms with Gasteiger partial charge in [-0.25, -0.2) is 0 Å². The lowest BCUT2D eigenvalue weighted by Gasteiger charge is -2.22. The molecule has 2 aromatic rings. The highest BCUT2D eigenvalue weighted by atomic mass is 16.2. The van der Waals surface area contributed by atoms with Gasteiger partial charge in [0.1, 0.15) is 6.07 Å². The molecule has 134 valence electrons. The first kappa shape index (κ1) is 19.2. The Morgan fingerprint density at radius 3 is 2.31 bits per heavy atom. The van der Waals surface area contributed by atoms with Gasteiger partial charge in [0.2, 0.25) is 11.8 Å². The Kier molecular flexibility index (Phi) is 6.13. The standard InChI is InChI=1S/C21H23N3O2/c1-14-11-15(2)21(16(3)12-14)23-20(26)9-10-24(17(4)25)19-8-6-5-7-18(19)13-22/h5-8,11-12H,9-10H2,1-4H3,(H,23,26). The number of rotatable bonds is 5. The molecule has 0 spiro atoms. The lowest BCUT2D eigenvalue weighted by atomic mass is 10.0. The molecule has 0 bridgehead atoms. The minimum absolute atomic E-state index is 0.145. The summed E-state index contributed by atoms with van der Waals surface area (Å²) in [6, 6.07) is 13.0. The van der Waals surface area contributed by atoms with E-state index in [0.717, 1.165) is 22.4 Å². The first-order valence-electron chi connectivity index (χ1n) is 8.48. The number of benzene rings is 2. The van der Waals surface area contributed by atoms with Gasteiger partial charge in [0.15, 0.2) is 0 Å². The van der Waals surface area contributed by atoms with Crippen LogP contribution in [0, 0.1) is 32.1 Å². The number of nitrogens with zero attached hydrogens (tertiary/aromatic N) is 2. The molecule has 1 N–H and O–H groups in total. The van der Waals surface area contributed by atoms with Gasteiger partial charge in [-0.1, -0.05) is 29.8 Å². The van der Waals surface area contributed by atoms with Gasteiger partial charge in [-0.05, 0) is 44.0 Å². The number of para-hydroxylation sites is 1. The highest BCUT2D eigenvalue weighted by Crippen LogP contribution is 2.23. The quantitative estimate of drug-likeness (QED) is 0.890. The zero-order valence-corrected chi connectivity index (χ0v) is 15.6. The second-order valence-electron chi connectivity index (χ2n) is 6.37. The number of aryl methyl sites for hydroxylation is 3. The minimum atomic E-state index is -0.205. The summed E-state index contributed by atoms with van der Waals surface area (Å²) >= 11 is 0. The second kappa shape index (κ2) is 8.30. The van der Waals surface area contributed by atoms with E-state index in [-0.39, 0.29) is 24.8 Å². The van der Waals surface area contributed by atoms with Crippen LogP contribution in [0.5, 0.6) is 0 Å². The molecule has 0 atom stereocenters. The number of hydrogen-bond acceptors (Lipinski definition) is 3. The lowest BCUT2D eigenvalue weighted by Crippen LogP contribution is -2.32. The van der Waals surface area contributed by atoms with E-state index in [1.807, 2.05) is 32.9 Å². The van der Waals surface area contributed by atoms with Gasteiger partial charge in [0, 0.05) is 25.6 Å². The van der Waals surface area contributed by atoms with E-state index in [1.54, 1.807) is 24.3 Å². The predicted molar refractivity (Wildman–Crippen MR) is 103 cm³/mol. The van der Waals surface area contributed by atoms with E-state index in [9.17, 15) is 14.9 Å². The summed E-state index contributed by atoms with van der Waals surface area (Å²) in [4.78, 5) is 25.9. The second-order valence-corrected chi connectivity index (χ2v) is 6.37. The van der Waals surface area contributed by atoms with Crippen LogP contribution in [0.15, 0.2) is 36.4 Å². The molecule has 2 rings (SSSR count). The Morgan fingerprint density at radius 1 is 1.12 bits per heavy atom. The maximum Gasteiger partial charge on any atom is 0.226 e. The predicted octanol–water partition coefficient (Wildman–Crippen LogP) is 3.87. The highest BCUT2D eigenvalue weighted by molar-refractivity contribution is 5.96. The molecule has 0 aromatic heterocycles. The fourth-order valence-electron chi connectivity index (χ4n) is 3.04. The Hall–Kier alpha value is -3.13. The number of nitrogens with one attached hydrogen (secondary N) is 1. The van der Waals surface area contributed by atoms with Crippen molar-refractivity contribution in [2.24, 2.45) is 0 Å². The zero-order chi connectivity index (χ0) is 19.3. The van der Waals surface area contributed by atoms with Crippen molar-refractivity contribution in [3.05, 3.63) is 58.7 Å². The normalized spacial score (nSPS) is 10.1. The van der Waals surface area contributed by atoms with Crippen molar-refractivity contribution in [2.75, 3.05) is 16.8 Å². The van der Waals surface area contributed by atoms with Crippen molar-refractivity contribution in [3.63, 3.8) is 0 Å². The van der Waals surface area contributed by atoms with E-state index < -0.39 is 0 Å². The molecule has 0 saturated heterocycles. The summed E-state index contributed by atoms with van der Waals surface area (Å²) in [5, 5.41) is 12.2. The molecule has 0 aliphatic rings. The van der Waals surface area contributed by atoms with Crippen LogP contribution < -0.4 is 10.2 Å². The maximum absolute atomic E-state index is 12.4. The Balaban J connectivity index is 2.12. The average molecular weight is 349 g/mol. The SMILES string of the molecule is CC(=O)N(CCC(=O)Nc1c(C)cc(C)cc1C)c1ccccc1C#N. The molecule has 0 saturated carbocycles. The van der Waals surface area contributed by atoms with Gasteiger partial charge in [-0.15, -0.1) is 0 Å². The van der Waals surface area contributed by atoms with Gasteiger partial charge < -0.3 is 10.2 Å². The largest absolute Gasteiger partial charge is 0.326 e. The summed E-state index contributed by atoms with van der Waals surface area (Å²) in [5.74, 6) is -0.371. The van der Waals surface area contributed by atoms with Crippen molar-refractivity contribution in [3.8, 4) is 6.07 Å². The molecule has 0 aliphatic heterocycles. The molecule has 0 heterocycles. The molecule has 26 heavy (non-hydrogen) atoms. The molecule has 2 aromatic carbocycles. The number of anilines is 2. The van der Waals surface area contributed by atoms with Crippen molar-refractivity contribution < 1.29 is 9.59 Å². The minimum Gasteiger partial charge on any atom is -0.326 e. The van der Waals surface area contributed by atoms with E-state index in [2.05, 4.69) is 11.4 Å². The van der Waals surface area contributed by atoms with E-state index in [0.29, 0.717) is 11.3 Å². The number of carbonyl (C=O) groups is 2. The Morgan fingerprint density at radius 2 is 1.73 bits per heavy atom. The molecule has 0 aliphatic carbocycles. The third-order valence-corrected chi connectivity index (χ3v) is 4.20. The number of carbonyl (C=O) groups excluding carboxylic acids is 2. The first-order valence-corrected chi connectivity index (χ1v) is 8.48. The van der Waals surface area contributed by atoms with Gasteiger partial charge >= 0.3 is 0 Å². The molecule has 0 unspecified atom stereocenters. The average Bonchev–Trinajstić information content (AvgIpc) is 2.58. The van der Waals surface area contributed by atoms with Crippen LogP contribution in [0.4, 0.5) is 11.4 Å². The van der Waals surface area contributed by atoms with Crippen molar-refractivity contribution in [1.29, 1.82) is 5.26 Å². The monoisotopic (exact) mass is 349 g/mol. The van der Waals surface area contributed by atoms with E-state index >= 15 is 0 Å². The fourth-order valence-corrected chi connectivity index (χ4v) is 3.04. The molecule has 2 amide bonds. The molecule has 0 fully saturated rings. The molecule has 5 heteroatoms. The summed E-state index contributed by atoms with van der Waals surface area (Å²) in [6.45, 7) is 7.58. The smallest absolute Gasteiger partial charge is 0.226 e. The van der Waals surface area contributed by atoms with Crippen molar-refractivity contribution in [1.82, 2.24) is 0 Å². The lowest BCUT2D eigenvalue weighted by molar-refractivity contribution is -0.117. The van der Waals surface area contributed by atoms with Gasteiger partial charge in [-0.2, -0.15) is 5.26 Å². The summed E-state index contributed by atoms with van der Waals surface area (Å²) in [5.41, 5.74) is 4.91. The molecule has 0 radical (unpaired) electrons. The molecule has 5 nitrogen and oxygen atoms in total. The van der Waals surface area contributed by atoms with Crippen LogP contribution in [0.3, 0.4) is 0 Å². The van der Waals surface area contributed by atoms with E-state index in [1.165, 1.54) is 11.8 Å². The summed E-state index contributed by atoms with van der Waals surface area (Å²) in [7, 11) is 0. The number of nitriles is 1. The highest BCUT2D eigenvalue weighted by Gasteiger charge is 2.17. The molecular formula is C21H23N3O2. The van der Waals surface area contributed by atoms with Crippen LogP contribution >= 0.6 is 0 Å². The first-order chi connectivity index (χ1) is 12.3. The Bertz CT molecular complexity index is 858. The Labute approximate surface area is 154 Å². The van der Waals surface area contributed by atoms with E-state index in [4.69, 9.17) is 0 Å². The summed E-state index contributed by atoms with van der Waals surface area (Å²) < 4.78 is 0. The number of hydrogen-bond donors (Lipinski definition) is 1. The van der Waals surface area contributed by atoms with Crippen LogP contribution in [-0.4, -0.2) is 18.4 Å². The summed E-state index contributed by atoms with van der Waals surface area (Å²) in [6.07, 6.45) is 0.145. The van der Waals surface area contributed by atoms with Crippen LogP contribution in [0.2, 0.25) is 0 Å². The van der Waals surface area contributed by atoms with Gasteiger partial charge in [0.25, 0.3) is 0 Å².